The van der Waals surface area contributed by atoms with Gasteiger partial charge in [-0.1, -0.05) is 6.58 Å². The van der Waals surface area contributed by atoms with Crippen molar-refractivity contribution >= 4 is 17.7 Å². The predicted molar refractivity (Wildman–Crippen MR) is 68.7 cm³/mol. The molecule has 0 aromatic heterocycles. The fourth-order valence-electron chi connectivity index (χ4n) is 1.76. The SMILES string of the molecule is C=C(CNCC1(C)CCCS1)C(=O)OCC. The summed E-state index contributed by atoms with van der Waals surface area (Å²) in [6.45, 7) is 9.64. The molecule has 1 heterocycles. The van der Waals surface area contributed by atoms with Gasteiger partial charge in [0.15, 0.2) is 0 Å². The molecule has 0 amide bonds. The van der Waals surface area contributed by atoms with E-state index in [9.17, 15) is 4.79 Å². The highest BCUT2D eigenvalue weighted by Crippen LogP contribution is 2.36. The average molecular weight is 243 g/mol. The van der Waals surface area contributed by atoms with Crippen molar-refractivity contribution in [2.75, 3.05) is 25.4 Å². The number of carbonyl (C=O) groups is 1. The number of esters is 1. The third-order valence-corrected chi connectivity index (χ3v) is 4.24. The van der Waals surface area contributed by atoms with Crippen LogP contribution in [0.1, 0.15) is 26.7 Å². The maximum atomic E-state index is 11.3. The van der Waals surface area contributed by atoms with Gasteiger partial charge in [-0.2, -0.15) is 11.8 Å². The van der Waals surface area contributed by atoms with Gasteiger partial charge in [0.1, 0.15) is 0 Å². The van der Waals surface area contributed by atoms with Crippen LogP contribution in [0, 0.1) is 0 Å². The second kappa shape index (κ2) is 6.30. The summed E-state index contributed by atoms with van der Waals surface area (Å²) in [4.78, 5) is 11.3. The molecule has 0 aromatic carbocycles. The van der Waals surface area contributed by atoms with Crippen molar-refractivity contribution in [1.29, 1.82) is 0 Å². The third-order valence-electron chi connectivity index (χ3n) is 2.70. The van der Waals surface area contributed by atoms with Gasteiger partial charge >= 0.3 is 5.97 Å². The molecule has 0 saturated carbocycles. The largest absolute Gasteiger partial charge is 0.463 e. The minimum absolute atomic E-state index is 0.292. The first kappa shape index (κ1) is 13.6. The van der Waals surface area contributed by atoms with E-state index in [1.165, 1.54) is 18.6 Å². The van der Waals surface area contributed by atoms with Crippen LogP contribution < -0.4 is 5.32 Å². The van der Waals surface area contributed by atoms with Crippen molar-refractivity contribution in [1.82, 2.24) is 5.32 Å². The van der Waals surface area contributed by atoms with Crippen molar-refractivity contribution in [3.05, 3.63) is 12.2 Å². The molecule has 0 aromatic rings. The summed E-state index contributed by atoms with van der Waals surface area (Å²) in [7, 11) is 0. The van der Waals surface area contributed by atoms with E-state index in [-0.39, 0.29) is 5.97 Å². The Bertz CT molecular complexity index is 260. The number of carbonyl (C=O) groups excluding carboxylic acids is 1. The molecule has 0 bridgehead atoms. The monoisotopic (exact) mass is 243 g/mol. The van der Waals surface area contributed by atoms with E-state index in [4.69, 9.17) is 4.74 Å². The molecule has 16 heavy (non-hydrogen) atoms. The molecule has 1 atom stereocenters. The minimum atomic E-state index is -0.292. The Morgan fingerprint density at radius 2 is 2.38 bits per heavy atom. The molecule has 3 nitrogen and oxygen atoms in total. The molecule has 1 fully saturated rings. The Hall–Kier alpha value is -0.480. The number of thioether (sulfide) groups is 1. The summed E-state index contributed by atoms with van der Waals surface area (Å²) in [6.07, 6.45) is 2.54. The summed E-state index contributed by atoms with van der Waals surface area (Å²) in [5, 5.41) is 3.29. The maximum absolute atomic E-state index is 11.3. The van der Waals surface area contributed by atoms with Crippen LogP contribution >= 0.6 is 11.8 Å². The molecule has 1 rings (SSSR count). The van der Waals surface area contributed by atoms with Crippen molar-refractivity contribution in [3.63, 3.8) is 0 Å². The molecule has 92 valence electrons. The van der Waals surface area contributed by atoms with Crippen LogP contribution in [0.15, 0.2) is 12.2 Å². The zero-order valence-corrected chi connectivity index (χ0v) is 11.0. The van der Waals surface area contributed by atoms with Gasteiger partial charge in [-0.25, -0.2) is 4.79 Å². The van der Waals surface area contributed by atoms with Gasteiger partial charge in [-0.3, -0.25) is 0 Å². The van der Waals surface area contributed by atoms with Crippen LogP contribution in [0.25, 0.3) is 0 Å². The normalized spacial score (nSPS) is 24.4. The standard InChI is InChI=1S/C12H21NO2S/c1-4-15-11(14)10(2)8-13-9-12(3)6-5-7-16-12/h13H,2,4-9H2,1,3H3. The highest BCUT2D eigenvalue weighted by molar-refractivity contribution is 8.00. The maximum Gasteiger partial charge on any atom is 0.334 e. The molecular formula is C12H21NO2S. The Morgan fingerprint density at radius 1 is 1.62 bits per heavy atom. The van der Waals surface area contributed by atoms with E-state index in [2.05, 4.69) is 18.8 Å². The van der Waals surface area contributed by atoms with Gasteiger partial charge in [0.05, 0.1) is 6.61 Å². The van der Waals surface area contributed by atoms with Gasteiger partial charge in [0.25, 0.3) is 0 Å². The van der Waals surface area contributed by atoms with Crippen LogP contribution in [-0.2, 0) is 9.53 Å². The number of hydrogen-bond acceptors (Lipinski definition) is 4. The average Bonchev–Trinajstić information content (AvgIpc) is 2.65. The molecule has 1 aliphatic rings. The topological polar surface area (TPSA) is 38.3 Å². The zero-order chi connectivity index (χ0) is 12.0. The first-order valence-corrected chi connectivity index (χ1v) is 6.75. The third kappa shape index (κ3) is 4.18. The number of hydrogen-bond donors (Lipinski definition) is 1. The molecule has 0 spiro atoms. The van der Waals surface area contributed by atoms with Crippen LogP contribution in [0.3, 0.4) is 0 Å². The summed E-state index contributed by atoms with van der Waals surface area (Å²) >= 11 is 2.01. The molecule has 1 saturated heterocycles. The predicted octanol–water partition coefficient (Wildman–Crippen LogP) is 1.98. The first-order valence-electron chi connectivity index (χ1n) is 5.77. The molecular weight excluding hydrogens is 222 g/mol. The highest BCUT2D eigenvalue weighted by atomic mass is 32.2. The molecule has 4 heteroatoms. The lowest BCUT2D eigenvalue weighted by Crippen LogP contribution is -2.34. The second-order valence-corrected chi connectivity index (χ2v) is 6.01. The smallest absolute Gasteiger partial charge is 0.334 e. The summed E-state index contributed by atoms with van der Waals surface area (Å²) in [5.74, 6) is 0.955. The van der Waals surface area contributed by atoms with Gasteiger partial charge in [-0.05, 0) is 32.4 Å². The Morgan fingerprint density at radius 3 is 2.94 bits per heavy atom. The van der Waals surface area contributed by atoms with Gasteiger partial charge in [0.2, 0.25) is 0 Å². The lowest BCUT2D eigenvalue weighted by atomic mass is 10.1. The lowest BCUT2D eigenvalue weighted by molar-refractivity contribution is -0.138. The van der Waals surface area contributed by atoms with Crippen LogP contribution in [-0.4, -0.2) is 36.2 Å². The molecule has 1 N–H and O–H groups in total. The second-order valence-electron chi connectivity index (χ2n) is 4.33. The van der Waals surface area contributed by atoms with Crippen LogP contribution in [0.5, 0.6) is 0 Å². The van der Waals surface area contributed by atoms with E-state index >= 15 is 0 Å². The molecule has 1 unspecified atom stereocenters. The van der Waals surface area contributed by atoms with E-state index in [1.54, 1.807) is 6.92 Å². The van der Waals surface area contributed by atoms with E-state index in [1.807, 2.05) is 11.8 Å². The van der Waals surface area contributed by atoms with Crippen LogP contribution in [0.2, 0.25) is 0 Å². The fourth-order valence-corrected chi connectivity index (χ4v) is 3.03. The van der Waals surface area contributed by atoms with Crippen molar-refractivity contribution in [2.24, 2.45) is 0 Å². The minimum Gasteiger partial charge on any atom is -0.463 e. The van der Waals surface area contributed by atoms with Gasteiger partial charge < -0.3 is 10.1 Å². The number of rotatable bonds is 6. The summed E-state index contributed by atoms with van der Waals surface area (Å²) < 4.78 is 5.20. The zero-order valence-electron chi connectivity index (χ0n) is 10.2. The van der Waals surface area contributed by atoms with Crippen LogP contribution in [0.4, 0.5) is 0 Å². The Kier molecular flexibility index (Phi) is 5.35. The lowest BCUT2D eigenvalue weighted by Gasteiger charge is -2.23. The Balaban J connectivity index is 2.19. The number of nitrogens with one attached hydrogen (secondary N) is 1. The van der Waals surface area contributed by atoms with E-state index < -0.39 is 0 Å². The summed E-state index contributed by atoms with van der Waals surface area (Å²) in [6, 6.07) is 0. The van der Waals surface area contributed by atoms with Crippen molar-refractivity contribution in [2.45, 2.75) is 31.4 Å². The quantitative estimate of drug-likeness (QED) is 0.572. The number of ether oxygens (including phenoxy) is 1. The van der Waals surface area contributed by atoms with E-state index in [0.29, 0.717) is 23.5 Å². The fraction of sp³-hybridized carbons (Fsp3) is 0.750. The van der Waals surface area contributed by atoms with Gasteiger partial charge in [-0.15, -0.1) is 0 Å². The van der Waals surface area contributed by atoms with E-state index in [0.717, 1.165) is 6.54 Å². The molecule has 1 aliphatic heterocycles. The highest BCUT2D eigenvalue weighted by Gasteiger charge is 2.28. The first-order chi connectivity index (χ1) is 7.57. The molecule has 0 radical (unpaired) electrons. The van der Waals surface area contributed by atoms with Crippen molar-refractivity contribution < 1.29 is 9.53 Å². The molecule has 0 aliphatic carbocycles. The summed E-state index contributed by atoms with van der Waals surface area (Å²) in [5.41, 5.74) is 0.508. The van der Waals surface area contributed by atoms with Crippen molar-refractivity contribution in [3.8, 4) is 0 Å². The Labute approximate surface area is 102 Å². The van der Waals surface area contributed by atoms with Gasteiger partial charge in [0, 0.05) is 23.4 Å².